The van der Waals surface area contributed by atoms with Gasteiger partial charge in [-0.1, -0.05) is 12.1 Å². The average molecular weight is 347 g/mol. The quantitative estimate of drug-likeness (QED) is 0.826. The number of carbonyl (C=O) groups is 1. The van der Waals surface area contributed by atoms with Gasteiger partial charge in [-0.2, -0.15) is 0 Å². The fraction of sp³-hybridized carbons (Fsp3) is 0.562. The molecule has 0 aliphatic carbocycles. The first kappa shape index (κ1) is 19.7. The second-order valence-electron chi connectivity index (χ2n) is 5.52. The number of para-hydroxylation sites is 1. The zero-order valence-corrected chi connectivity index (χ0v) is 14.2. The van der Waals surface area contributed by atoms with Crippen LogP contribution in [0.15, 0.2) is 24.3 Å². The summed E-state index contributed by atoms with van der Waals surface area (Å²) in [5, 5.41) is 6.05. The van der Waals surface area contributed by atoms with Gasteiger partial charge in [-0.25, -0.2) is 4.39 Å². The third kappa shape index (κ3) is 5.06. The molecule has 7 heteroatoms. The minimum atomic E-state index is -0.775. The number of rotatable bonds is 6. The van der Waals surface area contributed by atoms with E-state index in [4.69, 9.17) is 9.47 Å². The molecule has 0 saturated carbocycles. The van der Waals surface area contributed by atoms with Crippen LogP contribution in [0.2, 0.25) is 0 Å². The van der Waals surface area contributed by atoms with Crippen molar-refractivity contribution in [2.75, 3.05) is 26.7 Å². The second-order valence-corrected chi connectivity index (χ2v) is 5.52. The van der Waals surface area contributed by atoms with Gasteiger partial charge in [0.15, 0.2) is 11.6 Å². The molecule has 1 atom stereocenters. The highest BCUT2D eigenvalue weighted by Crippen LogP contribution is 2.22. The SMILES string of the molecule is COC1(C(=O)NCC(C)Oc2ccccc2F)CCNCC1.Cl. The number of piperidine rings is 1. The van der Waals surface area contributed by atoms with Crippen LogP contribution in [0.25, 0.3) is 0 Å². The lowest BCUT2D eigenvalue weighted by Crippen LogP contribution is -2.55. The lowest BCUT2D eigenvalue weighted by molar-refractivity contribution is -0.147. The third-order valence-electron chi connectivity index (χ3n) is 3.93. The van der Waals surface area contributed by atoms with Crippen molar-refractivity contribution in [1.29, 1.82) is 0 Å². The first-order valence-corrected chi connectivity index (χ1v) is 7.53. The summed E-state index contributed by atoms with van der Waals surface area (Å²) in [6.45, 7) is 3.59. The average Bonchev–Trinajstić information content (AvgIpc) is 2.55. The van der Waals surface area contributed by atoms with E-state index in [2.05, 4.69) is 10.6 Å². The molecule has 1 fully saturated rings. The van der Waals surface area contributed by atoms with Gasteiger partial charge >= 0.3 is 0 Å². The Bertz CT molecular complexity index is 510. The molecule has 2 rings (SSSR count). The molecule has 5 nitrogen and oxygen atoms in total. The smallest absolute Gasteiger partial charge is 0.252 e. The molecular weight excluding hydrogens is 323 g/mol. The number of amides is 1. The Labute approximate surface area is 142 Å². The van der Waals surface area contributed by atoms with E-state index in [9.17, 15) is 9.18 Å². The lowest BCUT2D eigenvalue weighted by Gasteiger charge is -2.35. The number of nitrogens with one attached hydrogen (secondary N) is 2. The van der Waals surface area contributed by atoms with E-state index in [1.807, 2.05) is 0 Å². The van der Waals surface area contributed by atoms with Crippen LogP contribution in [0.4, 0.5) is 4.39 Å². The molecule has 1 amide bonds. The maximum absolute atomic E-state index is 13.5. The standard InChI is InChI=1S/C16H23FN2O3.ClH/c1-12(22-14-6-4-3-5-13(14)17)11-19-15(20)16(21-2)7-9-18-10-8-16;/h3-6,12,18H,7-11H2,1-2H3,(H,19,20);1H. The van der Waals surface area contributed by atoms with E-state index in [0.717, 1.165) is 13.1 Å². The molecular formula is C16H24ClFN2O3. The molecule has 1 aliphatic heterocycles. The van der Waals surface area contributed by atoms with Gasteiger partial charge in [0.2, 0.25) is 0 Å². The molecule has 0 aromatic heterocycles. The van der Waals surface area contributed by atoms with Gasteiger partial charge in [-0.3, -0.25) is 4.79 Å². The number of hydrogen-bond donors (Lipinski definition) is 2. The van der Waals surface area contributed by atoms with Crippen LogP contribution in [0.3, 0.4) is 0 Å². The number of carbonyl (C=O) groups excluding carboxylic acids is 1. The predicted molar refractivity (Wildman–Crippen MR) is 88.6 cm³/mol. The van der Waals surface area contributed by atoms with Crippen LogP contribution in [0, 0.1) is 5.82 Å². The van der Waals surface area contributed by atoms with Crippen molar-refractivity contribution in [2.45, 2.75) is 31.5 Å². The molecule has 1 unspecified atom stereocenters. The van der Waals surface area contributed by atoms with Crippen molar-refractivity contribution in [1.82, 2.24) is 10.6 Å². The first-order chi connectivity index (χ1) is 10.6. The molecule has 130 valence electrons. The molecule has 1 saturated heterocycles. The van der Waals surface area contributed by atoms with Crippen LogP contribution < -0.4 is 15.4 Å². The Kier molecular flexibility index (Phi) is 7.75. The summed E-state index contributed by atoms with van der Waals surface area (Å²) in [6.07, 6.45) is 0.937. The number of ether oxygens (including phenoxy) is 2. The second kappa shape index (κ2) is 9.05. The van der Waals surface area contributed by atoms with Crippen molar-refractivity contribution < 1.29 is 18.7 Å². The summed E-state index contributed by atoms with van der Waals surface area (Å²) in [5.74, 6) is -0.361. The molecule has 1 heterocycles. The Morgan fingerprint density at radius 2 is 2.04 bits per heavy atom. The van der Waals surface area contributed by atoms with E-state index < -0.39 is 11.4 Å². The number of halogens is 2. The summed E-state index contributed by atoms with van der Waals surface area (Å²) in [5.41, 5.74) is -0.775. The van der Waals surface area contributed by atoms with Crippen molar-refractivity contribution in [3.63, 3.8) is 0 Å². The normalized spacial score (nSPS) is 17.7. The highest BCUT2D eigenvalue weighted by atomic mass is 35.5. The van der Waals surface area contributed by atoms with Crippen molar-refractivity contribution in [2.24, 2.45) is 0 Å². The van der Waals surface area contributed by atoms with Crippen LogP contribution >= 0.6 is 12.4 Å². The summed E-state index contributed by atoms with van der Waals surface area (Å²) in [7, 11) is 1.56. The van der Waals surface area contributed by atoms with Gasteiger partial charge in [0.05, 0.1) is 6.54 Å². The molecule has 1 aromatic rings. The molecule has 0 radical (unpaired) electrons. The molecule has 0 spiro atoms. The predicted octanol–water partition coefficient (Wildman–Crippen LogP) is 1.90. The summed E-state index contributed by atoms with van der Waals surface area (Å²) >= 11 is 0. The molecule has 1 aromatic carbocycles. The largest absolute Gasteiger partial charge is 0.486 e. The van der Waals surface area contributed by atoms with Gasteiger partial charge in [-0.05, 0) is 45.0 Å². The van der Waals surface area contributed by atoms with Gasteiger partial charge in [-0.15, -0.1) is 12.4 Å². The number of methoxy groups -OCH3 is 1. The zero-order chi connectivity index (χ0) is 16.0. The maximum Gasteiger partial charge on any atom is 0.252 e. The van der Waals surface area contributed by atoms with Gasteiger partial charge in [0.1, 0.15) is 11.7 Å². The molecule has 23 heavy (non-hydrogen) atoms. The first-order valence-electron chi connectivity index (χ1n) is 7.53. The van der Waals surface area contributed by atoms with Crippen LogP contribution in [-0.4, -0.2) is 44.4 Å². The highest BCUT2D eigenvalue weighted by molar-refractivity contribution is 5.85. The van der Waals surface area contributed by atoms with Crippen LogP contribution in [0.5, 0.6) is 5.75 Å². The molecule has 2 N–H and O–H groups in total. The number of benzene rings is 1. The number of hydrogen-bond acceptors (Lipinski definition) is 4. The van der Waals surface area contributed by atoms with Gasteiger partial charge in [0, 0.05) is 7.11 Å². The Morgan fingerprint density at radius 1 is 1.39 bits per heavy atom. The van der Waals surface area contributed by atoms with E-state index in [0.29, 0.717) is 19.4 Å². The minimum Gasteiger partial charge on any atom is -0.486 e. The Balaban J connectivity index is 0.00000264. The third-order valence-corrected chi connectivity index (χ3v) is 3.93. The molecule has 0 bridgehead atoms. The van der Waals surface area contributed by atoms with Crippen LogP contribution in [0.1, 0.15) is 19.8 Å². The lowest BCUT2D eigenvalue weighted by atomic mass is 9.91. The van der Waals surface area contributed by atoms with E-state index in [1.165, 1.54) is 6.07 Å². The van der Waals surface area contributed by atoms with Gasteiger partial charge < -0.3 is 20.1 Å². The zero-order valence-electron chi connectivity index (χ0n) is 13.4. The Hall–Kier alpha value is -1.37. The van der Waals surface area contributed by atoms with Crippen LogP contribution in [-0.2, 0) is 9.53 Å². The summed E-state index contributed by atoms with van der Waals surface area (Å²) < 4.78 is 24.5. The van der Waals surface area contributed by atoms with Crippen molar-refractivity contribution in [3.05, 3.63) is 30.1 Å². The fourth-order valence-electron chi connectivity index (χ4n) is 2.55. The monoisotopic (exact) mass is 346 g/mol. The topological polar surface area (TPSA) is 59.6 Å². The fourth-order valence-corrected chi connectivity index (χ4v) is 2.55. The minimum absolute atomic E-state index is 0. The van der Waals surface area contributed by atoms with Gasteiger partial charge in [0.25, 0.3) is 5.91 Å². The van der Waals surface area contributed by atoms with E-state index in [-0.39, 0.29) is 30.2 Å². The highest BCUT2D eigenvalue weighted by Gasteiger charge is 2.39. The van der Waals surface area contributed by atoms with Crippen molar-refractivity contribution in [3.8, 4) is 5.75 Å². The van der Waals surface area contributed by atoms with E-state index >= 15 is 0 Å². The molecule has 1 aliphatic rings. The summed E-state index contributed by atoms with van der Waals surface area (Å²) in [4.78, 5) is 12.4. The van der Waals surface area contributed by atoms with E-state index in [1.54, 1.807) is 32.2 Å². The van der Waals surface area contributed by atoms with Crippen molar-refractivity contribution >= 4 is 18.3 Å². The maximum atomic E-state index is 13.5. The summed E-state index contributed by atoms with van der Waals surface area (Å²) in [6, 6.07) is 6.22. The Morgan fingerprint density at radius 3 is 2.65 bits per heavy atom.